The van der Waals surface area contributed by atoms with Gasteiger partial charge in [0.05, 0.1) is 11.1 Å². The average molecular weight is 262 g/mol. The molecule has 0 heterocycles. The average Bonchev–Trinajstić information content (AvgIpc) is 2.44. The predicted molar refractivity (Wildman–Crippen MR) is 76.0 cm³/mol. The second-order valence-electron chi connectivity index (χ2n) is 5.47. The van der Waals surface area contributed by atoms with Gasteiger partial charge in [-0.1, -0.05) is 31.4 Å². The molecule has 0 bridgehead atoms. The second-order valence-corrected chi connectivity index (χ2v) is 5.47. The quantitative estimate of drug-likeness (QED) is 0.733. The van der Waals surface area contributed by atoms with Crippen LogP contribution in [0.4, 0.5) is 5.69 Å². The molecule has 104 valence electrons. The first kappa shape index (κ1) is 13.9. The Hall–Kier alpha value is -1.55. The number of amides is 1. The van der Waals surface area contributed by atoms with Gasteiger partial charge in [-0.3, -0.25) is 4.79 Å². The summed E-state index contributed by atoms with van der Waals surface area (Å²) in [6.45, 7) is 2.18. The van der Waals surface area contributed by atoms with Crippen molar-refractivity contribution in [1.29, 1.82) is 0 Å². The molecule has 1 saturated carbocycles. The SMILES string of the molecule is Cc1cccc(NC(=O)C2(CN)CCCCC2)c1O. The van der Waals surface area contributed by atoms with E-state index in [2.05, 4.69) is 5.32 Å². The number of carbonyl (C=O) groups is 1. The number of aryl methyl sites for hydroxylation is 1. The predicted octanol–water partition coefficient (Wildman–Crippen LogP) is 2.55. The summed E-state index contributed by atoms with van der Waals surface area (Å²) in [5.74, 6) is 0.0782. The van der Waals surface area contributed by atoms with Crippen molar-refractivity contribution < 1.29 is 9.90 Å². The van der Waals surface area contributed by atoms with E-state index in [9.17, 15) is 9.90 Å². The second kappa shape index (κ2) is 5.61. The number of phenolic OH excluding ortho intramolecular Hbond substituents is 1. The molecule has 1 aromatic rings. The van der Waals surface area contributed by atoms with E-state index in [4.69, 9.17) is 5.73 Å². The summed E-state index contributed by atoms with van der Waals surface area (Å²) in [7, 11) is 0. The van der Waals surface area contributed by atoms with Gasteiger partial charge >= 0.3 is 0 Å². The molecule has 0 aromatic heterocycles. The lowest BCUT2D eigenvalue weighted by atomic mass is 9.73. The number of hydrogen-bond donors (Lipinski definition) is 3. The normalized spacial score (nSPS) is 18.0. The minimum Gasteiger partial charge on any atom is -0.505 e. The van der Waals surface area contributed by atoms with E-state index in [0.717, 1.165) is 31.2 Å². The Labute approximate surface area is 114 Å². The van der Waals surface area contributed by atoms with Crippen LogP contribution >= 0.6 is 0 Å². The summed E-state index contributed by atoms with van der Waals surface area (Å²) in [4.78, 5) is 12.5. The van der Waals surface area contributed by atoms with E-state index in [-0.39, 0.29) is 11.7 Å². The van der Waals surface area contributed by atoms with Gasteiger partial charge in [0, 0.05) is 6.54 Å². The van der Waals surface area contributed by atoms with Crippen LogP contribution in [0.2, 0.25) is 0 Å². The van der Waals surface area contributed by atoms with Crippen LogP contribution in [-0.2, 0) is 4.79 Å². The lowest BCUT2D eigenvalue weighted by Gasteiger charge is -2.34. The zero-order valence-corrected chi connectivity index (χ0v) is 11.4. The van der Waals surface area contributed by atoms with Crippen molar-refractivity contribution in [3.63, 3.8) is 0 Å². The van der Waals surface area contributed by atoms with E-state index in [0.29, 0.717) is 12.2 Å². The molecule has 4 nitrogen and oxygen atoms in total. The summed E-state index contributed by atoms with van der Waals surface area (Å²) in [6.07, 6.45) is 4.93. The van der Waals surface area contributed by atoms with Crippen molar-refractivity contribution in [1.82, 2.24) is 0 Å². The molecular formula is C15H22N2O2. The highest BCUT2D eigenvalue weighted by Gasteiger charge is 2.38. The Morgan fingerprint density at radius 2 is 2.05 bits per heavy atom. The van der Waals surface area contributed by atoms with Crippen LogP contribution in [0.1, 0.15) is 37.7 Å². The Morgan fingerprint density at radius 1 is 1.37 bits per heavy atom. The van der Waals surface area contributed by atoms with Gasteiger partial charge in [-0.15, -0.1) is 0 Å². The smallest absolute Gasteiger partial charge is 0.231 e. The van der Waals surface area contributed by atoms with Gasteiger partial charge in [0.25, 0.3) is 0 Å². The van der Waals surface area contributed by atoms with Crippen LogP contribution in [0.3, 0.4) is 0 Å². The van der Waals surface area contributed by atoms with Crippen LogP contribution in [0, 0.1) is 12.3 Å². The van der Waals surface area contributed by atoms with Gasteiger partial charge in [-0.05, 0) is 31.4 Å². The third-order valence-electron chi connectivity index (χ3n) is 4.17. The Kier molecular flexibility index (Phi) is 4.10. The van der Waals surface area contributed by atoms with Crippen LogP contribution in [0.25, 0.3) is 0 Å². The zero-order valence-electron chi connectivity index (χ0n) is 11.4. The standard InChI is InChI=1S/C15H22N2O2/c1-11-6-5-7-12(13(11)18)17-14(19)15(10-16)8-3-2-4-9-15/h5-7,18H,2-4,8-10,16H2,1H3,(H,17,19). The number of phenols is 1. The number of benzene rings is 1. The minimum absolute atomic E-state index is 0.0596. The number of anilines is 1. The Balaban J connectivity index is 2.17. The molecule has 0 radical (unpaired) electrons. The monoisotopic (exact) mass is 262 g/mol. The van der Waals surface area contributed by atoms with Crippen LogP contribution in [0.15, 0.2) is 18.2 Å². The highest BCUT2D eigenvalue weighted by atomic mass is 16.3. The van der Waals surface area contributed by atoms with Gasteiger partial charge in [0.15, 0.2) is 0 Å². The molecule has 4 N–H and O–H groups in total. The molecule has 1 amide bonds. The summed E-state index contributed by atoms with van der Waals surface area (Å²) in [5, 5.41) is 12.8. The van der Waals surface area contributed by atoms with E-state index in [1.54, 1.807) is 6.07 Å². The molecule has 0 saturated heterocycles. The molecule has 0 aliphatic heterocycles. The van der Waals surface area contributed by atoms with Gasteiger partial charge < -0.3 is 16.2 Å². The molecule has 2 rings (SSSR count). The molecule has 1 aliphatic rings. The molecule has 19 heavy (non-hydrogen) atoms. The van der Waals surface area contributed by atoms with Gasteiger partial charge in [0.2, 0.25) is 5.91 Å². The van der Waals surface area contributed by atoms with E-state index >= 15 is 0 Å². The first-order valence-electron chi connectivity index (χ1n) is 6.89. The van der Waals surface area contributed by atoms with E-state index in [1.165, 1.54) is 6.42 Å². The molecule has 0 atom stereocenters. The largest absolute Gasteiger partial charge is 0.505 e. The fourth-order valence-electron chi connectivity index (χ4n) is 2.77. The van der Waals surface area contributed by atoms with Gasteiger partial charge in [0.1, 0.15) is 5.75 Å². The number of nitrogens with one attached hydrogen (secondary N) is 1. The number of aromatic hydroxyl groups is 1. The lowest BCUT2D eigenvalue weighted by molar-refractivity contribution is -0.126. The molecular weight excluding hydrogens is 240 g/mol. The molecule has 4 heteroatoms. The molecule has 0 unspecified atom stereocenters. The van der Waals surface area contributed by atoms with E-state index in [1.807, 2.05) is 19.1 Å². The highest BCUT2D eigenvalue weighted by molar-refractivity contribution is 5.96. The summed E-state index contributed by atoms with van der Waals surface area (Å²) in [6, 6.07) is 5.35. The number of nitrogens with two attached hydrogens (primary N) is 1. The van der Waals surface area contributed by atoms with Crippen molar-refractivity contribution in [3.8, 4) is 5.75 Å². The lowest BCUT2D eigenvalue weighted by Crippen LogP contribution is -2.43. The van der Waals surface area contributed by atoms with Crippen molar-refractivity contribution in [2.75, 3.05) is 11.9 Å². The minimum atomic E-state index is -0.464. The third kappa shape index (κ3) is 2.73. The fraction of sp³-hybridized carbons (Fsp3) is 0.533. The van der Waals surface area contributed by atoms with Gasteiger partial charge in [-0.2, -0.15) is 0 Å². The van der Waals surface area contributed by atoms with E-state index < -0.39 is 5.41 Å². The van der Waals surface area contributed by atoms with Crippen molar-refractivity contribution in [2.24, 2.45) is 11.1 Å². The summed E-state index contributed by atoms with van der Waals surface area (Å²) >= 11 is 0. The highest BCUT2D eigenvalue weighted by Crippen LogP contribution is 2.37. The fourth-order valence-corrected chi connectivity index (χ4v) is 2.77. The topological polar surface area (TPSA) is 75.4 Å². The number of carbonyl (C=O) groups excluding carboxylic acids is 1. The maximum absolute atomic E-state index is 12.5. The number of hydrogen-bond acceptors (Lipinski definition) is 3. The number of rotatable bonds is 3. The van der Waals surface area contributed by atoms with Crippen LogP contribution in [0.5, 0.6) is 5.75 Å². The maximum Gasteiger partial charge on any atom is 0.231 e. The third-order valence-corrected chi connectivity index (χ3v) is 4.17. The Morgan fingerprint density at radius 3 is 2.68 bits per heavy atom. The summed E-state index contributed by atoms with van der Waals surface area (Å²) < 4.78 is 0. The first-order chi connectivity index (χ1) is 9.09. The maximum atomic E-state index is 12.5. The van der Waals surface area contributed by atoms with Crippen LogP contribution in [-0.4, -0.2) is 17.6 Å². The molecule has 1 aromatic carbocycles. The Bertz CT molecular complexity index is 465. The van der Waals surface area contributed by atoms with Gasteiger partial charge in [-0.25, -0.2) is 0 Å². The number of para-hydroxylation sites is 1. The molecule has 1 fully saturated rings. The van der Waals surface area contributed by atoms with Crippen molar-refractivity contribution in [2.45, 2.75) is 39.0 Å². The molecule has 1 aliphatic carbocycles. The zero-order chi connectivity index (χ0) is 13.9. The first-order valence-corrected chi connectivity index (χ1v) is 6.89. The van der Waals surface area contributed by atoms with Crippen molar-refractivity contribution in [3.05, 3.63) is 23.8 Å². The summed E-state index contributed by atoms with van der Waals surface area (Å²) in [5.41, 5.74) is 6.60. The molecule has 0 spiro atoms. The van der Waals surface area contributed by atoms with Crippen LogP contribution < -0.4 is 11.1 Å². The van der Waals surface area contributed by atoms with Crippen molar-refractivity contribution >= 4 is 11.6 Å².